The maximum Gasteiger partial charge on any atom is 0.00443 e. The van der Waals surface area contributed by atoms with Crippen molar-refractivity contribution in [2.45, 2.75) is 39.7 Å². The van der Waals surface area contributed by atoms with Gasteiger partial charge in [0, 0.05) is 6.04 Å². The maximum absolute atomic E-state index is 5.71. The van der Waals surface area contributed by atoms with Crippen molar-refractivity contribution in [1.29, 1.82) is 0 Å². The van der Waals surface area contributed by atoms with E-state index in [-0.39, 0.29) is 0 Å². The summed E-state index contributed by atoms with van der Waals surface area (Å²) in [6.45, 7) is 6.95. The minimum atomic E-state index is 0.520. The third-order valence-corrected chi connectivity index (χ3v) is 3.01. The zero-order chi connectivity index (χ0) is 7.72. The molecule has 0 aliphatic heterocycles. The maximum atomic E-state index is 5.71. The van der Waals surface area contributed by atoms with Gasteiger partial charge in [-0.25, -0.2) is 0 Å². The molecule has 0 aromatic heterocycles. The van der Waals surface area contributed by atoms with Gasteiger partial charge in [-0.3, -0.25) is 0 Å². The molecule has 10 heavy (non-hydrogen) atoms. The largest absolute Gasteiger partial charge is 0.328 e. The number of hydrogen-bond acceptors (Lipinski definition) is 1. The first kappa shape index (κ1) is 8.06. The van der Waals surface area contributed by atoms with E-state index in [1.54, 1.807) is 0 Å². The molecule has 0 heterocycles. The third-order valence-electron chi connectivity index (χ3n) is 3.01. The highest BCUT2D eigenvalue weighted by molar-refractivity contribution is 4.85. The average molecular weight is 141 g/mol. The van der Waals surface area contributed by atoms with Crippen molar-refractivity contribution in [1.82, 2.24) is 0 Å². The van der Waals surface area contributed by atoms with Gasteiger partial charge in [-0.1, -0.05) is 20.8 Å². The smallest absolute Gasteiger partial charge is 0.00443 e. The molecule has 0 radical (unpaired) electrons. The second-order valence-corrected chi connectivity index (χ2v) is 4.09. The highest BCUT2D eigenvalue weighted by Crippen LogP contribution is 2.35. The Labute approximate surface area is 64.0 Å². The summed E-state index contributed by atoms with van der Waals surface area (Å²) in [5.41, 5.74) is 5.71. The summed E-state index contributed by atoms with van der Waals surface area (Å²) < 4.78 is 0. The van der Waals surface area contributed by atoms with E-state index >= 15 is 0 Å². The minimum Gasteiger partial charge on any atom is -0.328 e. The Morgan fingerprint density at radius 3 is 2.00 bits per heavy atom. The highest BCUT2D eigenvalue weighted by atomic mass is 14.7. The molecule has 0 aromatic carbocycles. The van der Waals surface area contributed by atoms with Gasteiger partial charge >= 0.3 is 0 Å². The minimum absolute atomic E-state index is 0.520. The van der Waals surface area contributed by atoms with Crippen LogP contribution in [-0.2, 0) is 0 Å². The Morgan fingerprint density at radius 2 is 1.70 bits per heavy atom. The normalized spacial score (nSPS) is 35.7. The van der Waals surface area contributed by atoms with E-state index in [9.17, 15) is 0 Å². The second-order valence-electron chi connectivity index (χ2n) is 4.09. The summed E-state index contributed by atoms with van der Waals surface area (Å²) in [5.74, 6) is 2.63. The van der Waals surface area contributed by atoms with Crippen molar-refractivity contribution in [2.24, 2.45) is 23.5 Å². The summed E-state index contributed by atoms with van der Waals surface area (Å²) in [4.78, 5) is 0. The fourth-order valence-electron chi connectivity index (χ4n) is 1.68. The van der Waals surface area contributed by atoms with Crippen LogP contribution in [0.5, 0.6) is 0 Å². The third kappa shape index (κ3) is 1.51. The molecule has 0 bridgehead atoms. The first-order chi connectivity index (χ1) is 4.61. The molecule has 1 unspecified atom stereocenters. The van der Waals surface area contributed by atoms with E-state index in [1.807, 2.05) is 0 Å². The van der Waals surface area contributed by atoms with Gasteiger partial charge in [0.2, 0.25) is 0 Å². The van der Waals surface area contributed by atoms with Gasteiger partial charge in [0.25, 0.3) is 0 Å². The van der Waals surface area contributed by atoms with E-state index in [2.05, 4.69) is 20.8 Å². The van der Waals surface area contributed by atoms with Crippen LogP contribution in [0, 0.1) is 17.8 Å². The lowest BCUT2D eigenvalue weighted by Crippen LogP contribution is -2.40. The van der Waals surface area contributed by atoms with Crippen molar-refractivity contribution in [3.8, 4) is 0 Å². The molecule has 60 valence electrons. The highest BCUT2D eigenvalue weighted by Gasteiger charge is 2.31. The van der Waals surface area contributed by atoms with Crippen LogP contribution in [0.4, 0.5) is 0 Å². The van der Waals surface area contributed by atoms with Crippen LogP contribution >= 0.6 is 0 Å². The molecule has 0 amide bonds. The van der Waals surface area contributed by atoms with E-state index in [1.165, 1.54) is 12.8 Å². The van der Waals surface area contributed by atoms with Gasteiger partial charge in [-0.15, -0.1) is 0 Å². The van der Waals surface area contributed by atoms with Crippen molar-refractivity contribution in [3.05, 3.63) is 0 Å². The van der Waals surface area contributed by atoms with Crippen LogP contribution in [0.15, 0.2) is 0 Å². The van der Waals surface area contributed by atoms with Gasteiger partial charge in [0.05, 0.1) is 0 Å². The summed E-state index contributed by atoms with van der Waals surface area (Å²) in [6.07, 6.45) is 2.53. The fourth-order valence-corrected chi connectivity index (χ4v) is 1.68. The molecule has 1 atom stereocenters. The predicted molar refractivity (Wildman–Crippen MR) is 44.7 cm³/mol. The number of nitrogens with two attached hydrogens (primary N) is 1. The summed E-state index contributed by atoms with van der Waals surface area (Å²) in [7, 11) is 0. The van der Waals surface area contributed by atoms with Gasteiger partial charge < -0.3 is 5.73 Å². The second kappa shape index (κ2) is 2.91. The van der Waals surface area contributed by atoms with Crippen LogP contribution in [-0.4, -0.2) is 6.04 Å². The molecule has 1 rings (SSSR count). The van der Waals surface area contributed by atoms with Crippen LogP contribution in [0.3, 0.4) is 0 Å². The van der Waals surface area contributed by atoms with Gasteiger partial charge in [0.1, 0.15) is 0 Å². The topological polar surface area (TPSA) is 26.0 Å². The Kier molecular flexibility index (Phi) is 2.35. The lowest BCUT2D eigenvalue weighted by atomic mass is 9.70. The van der Waals surface area contributed by atoms with E-state index in [0.717, 1.165) is 17.8 Å². The standard InChI is InChI=1S/C9H19N/c1-6(2)7(3)8-4-9(10)5-8/h6-9H,4-5,10H2,1-3H3. The van der Waals surface area contributed by atoms with Crippen molar-refractivity contribution < 1.29 is 0 Å². The van der Waals surface area contributed by atoms with Crippen molar-refractivity contribution in [2.75, 3.05) is 0 Å². The Morgan fingerprint density at radius 1 is 1.20 bits per heavy atom. The van der Waals surface area contributed by atoms with Crippen LogP contribution < -0.4 is 5.73 Å². The summed E-state index contributed by atoms with van der Waals surface area (Å²) in [6, 6.07) is 0.520. The molecule has 0 saturated heterocycles. The molecular weight excluding hydrogens is 122 g/mol. The molecule has 2 N–H and O–H groups in total. The molecule has 1 aliphatic rings. The van der Waals surface area contributed by atoms with Crippen LogP contribution in [0.2, 0.25) is 0 Å². The molecular formula is C9H19N. The summed E-state index contributed by atoms with van der Waals surface area (Å²) >= 11 is 0. The quantitative estimate of drug-likeness (QED) is 0.625. The zero-order valence-corrected chi connectivity index (χ0v) is 7.30. The number of hydrogen-bond donors (Lipinski definition) is 1. The number of rotatable bonds is 2. The molecule has 1 fully saturated rings. The zero-order valence-electron chi connectivity index (χ0n) is 7.30. The Balaban J connectivity index is 2.24. The SMILES string of the molecule is CC(C)C(C)C1CC(N)C1. The Bertz CT molecular complexity index is 103. The Hall–Kier alpha value is -0.0400. The van der Waals surface area contributed by atoms with E-state index in [0.29, 0.717) is 6.04 Å². The summed E-state index contributed by atoms with van der Waals surface area (Å²) in [5, 5.41) is 0. The first-order valence-electron chi connectivity index (χ1n) is 4.37. The molecule has 1 saturated carbocycles. The fraction of sp³-hybridized carbons (Fsp3) is 1.00. The molecule has 1 aliphatic carbocycles. The van der Waals surface area contributed by atoms with Crippen LogP contribution in [0.25, 0.3) is 0 Å². The van der Waals surface area contributed by atoms with Gasteiger partial charge in [0.15, 0.2) is 0 Å². The van der Waals surface area contributed by atoms with E-state index < -0.39 is 0 Å². The van der Waals surface area contributed by atoms with Gasteiger partial charge in [-0.2, -0.15) is 0 Å². The monoisotopic (exact) mass is 141 g/mol. The van der Waals surface area contributed by atoms with Crippen molar-refractivity contribution in [3.63, 3.8) is 0 Å². The first-order valence-corrected chi connectivity index (χ1v) is 4.37. The van der Waals surface area contributed by atoms with Crippen LogP contribution in [0.1, 0.15) is 33.6 Å². The molecule has 1 nitrogen and oxygen atoms in total. The molecule has 0 spiro atoms. The molecule has 1 heteroatoms. The lowest BCUT2D eigenvalue weighted by Gasteiger charge is -2.38. The van der Waals surface area contributed by atoms with Crippen molar-refractivity contribution >= 4 is 0 Å². The lowest BCUT2D eigenvalue weighted by molar-refractivity contribution is 0.151. The van der Waals surface area contributed by atoms with E-state index in [4.69, 9.17) is 5.73 Å². The average Bonchev–Trinajstić information content (AvgIpc) is 1.79. The molecule has 0 aromatic rings. The van der Waals surface area contributed by atoms with Gasteiger partial charge in [-0.05, 0) is 30.6 Å². The predicted octanol–water partition coefficient (Wildman–Crippen LogP) is 2.02.